The van der Waals surface area contributed by atoms with Gasteiger partial charge in [-0.2, -0.15) is 0 Å². The second-order valence-corrected chi connectivity index (χ2v) is 3.12. The van der Waals surface area contributed by atoms with Gasteiger partial charge in [-0.05, 0) is 18.9 Å². The molecule has 0 aromatic heterocycles. The van der Waals surface area contributed by atoms with E-state index in [1.54, 1.807) is 0 Å². The van der Waals surface area contributed by atoms with Gasteiger partial charge in [0, 0.05) is 6.54 Å². The predicted octanol–water partition coefficient (Wildman–Crippen LogP) is 1.25. The third-order valence-corrected chi connectivity index (χ3v) is 2.12. The van der Waals surface area contributed by atoms with Crippen LogP contribution in [0.4, 0.5) is 0 Å². The SMILES string of the molecule is CCCC1=CCNC1C(=O)OCC. The van der Waals surface area contributed by atoms with Gasteiger partial charge in [0.15, 0.2) is 0 Å². The molecule has 1 unspecified atom stereocenters. The first-order chi connectivity index (χ1) is 6.29. The molecule has 3 nitrogen and oxygen atoms in total. The molecule has 0 aliphatic carbocycles. The van der Waals surface area contributed by atoms with Crippen LogP contribution in [0, 0.1) is 0 Å². The fourth-order valence-electron chi connectivity index (χ4n) is 1.55. The average molecular weight is 183 g/mol. The molecule has 74 valence electrons. The Kier molecular flexibility index (Phi) is 3.96. The number of hydrogen-bond acceptors (Lipinski definition) is 3. The van der Waals surface area contributed by atoms with Gasteiger partial charge in [-0.15, -0.1) is 0 Å². The highest BCUT2D eigenvalue weighted by atomic mass is 16.5. The summed E-state index contributed by atoms with van der Waals surface area (Å²) in [5.74, 6) is -0.139. The van der Waals surface area contributed by atoms with Crippen LogP contribution in [0.3, 0.4) is 0 Å². The summed E-state index contributed by atoms with van der Waals surface area (Å²) in [4.78, 5) is 11.4. The molecule has 0 aromatic carbocycles. The van der Waals surface area contributed by atoms with Crippen molar-refractivity contribution in [2.45, 2.75) is 32.7 Å². The van der Waals surface area contributed by atoms with Gasteiger partial charge < -0.3 is 4.74 Å². The Labute approximate surface area is 79.2 Å². The minimum absolute atomic E-state index is 0.139. The lowest BCUT2D eigenvalue weighted by atomic mass is 10.1. The molecule has 0 bridgehead atoms. The summed E-state index contributed by atoms with van der Waals surface area (Å²) < 4.78 is 4.96. The second kappa shape index (κ2) is 5.02. The van der Waals surface area contributed by atoms with Crippen molar-refractivity contribution < 1.29 is 9.53 Å². The lowest BCUT2D eigenvalue weighted by molar-refractivity contribution is -0.144. The topological polar surface area (TPSA) is 38.3 Å². The van der Waals surface area contributed by atoms with Gasteiger partial charge in [0.2, 0.25) is 0 Å². The Morgan fingerprint density at radius 3 is 3.08 bits per heavy atom. The Bertz CT molecular complexity index is 211. The first-order valence-corrected chi connectivity index (χ1v) is 4.88. The van der Waals surface area contributed by atoms with E-state index in [0.717, 1.165) is 19.4 Å². The van der Waals surface area contributed by atoms with Gasteiger partial charge in [-0.25, -0.2) is 4.79 Å². The van der Waals surface area contributed by atoms with Gasteiger partial charge >= 0.3 is 5.97 Å². The Hall–Kier alpha value is -0.830. The maximum atomic E-state index is 11.4. The zero-order valence-electron chi connectivity index (χ0n) is 8.30. The lowest BCUT2D eigenvalue weighted by Gasteiger charge is -2.13. The molecule has 0 radical (unpaired) electrons. The maximum Gasteiger partial charge on any atom is 0.327 e. The lowest BCUT2D eigenvalue weighted by Crippen LogP contribution is -2.35. The first-order valence-electron chi connectivity index (χ1n) is 4.88. The van der Waals surface area contributed by atoms with Crippen molar-refractivity contribution >= 4 is 5.97 Å². The van der Waals surface area contributed by atoms with E-state index < -0.39 is 0 Å². The molecule has 1 heterocycles. The van der Waals surface area contributed by atoms with E-state index in [-0.39, 0.29) is 12.0 Å². The standard InChI is InChI=1S/C10H17NO2/c1-3-5-8-6-7-11-9(8)10(12)13-4-2/h6,9,11H,3-5,7H2,1-2H3. The van der Waals surface area contributed by atoms with Crippen molar-refractivity contribution in [2.24, 2.45) is 0 Å². The maximum absolute atomic E-state index is 11.4. The third kappa shape index (κ3) is 2.56. The summed E-state index contributed by atoms with van der Waals surface area (Å²) in [6.45, 7) is 5.19. The summed E-state index contributed by atoms with van der Waals surface area (Å²) in [5, 5.41) is 3.11. The molecule has 1 aliphatic rings. The molecule has 0 fully saturated rings. The van der Waals surface area contributed by atoms with Crippen LogP contribution < -0.4 is 5.32 Å². The molecule has 0 saturated heterocycles. The molecule has 1 rings (SSSR count). The number of rotatable bonds is 4. The summed E-state index contributed by atoms with van der Waals surface area (Å²) in [6.07, 6.45) is 4.14. The fourth-order valence-corrected chi connectivity index (χ4v) is 1.55. The fraction of sp³-hybridized carbons (Fsp3) is 0.700. The third-order valence-electron chi connectivity index (χ3n) is 2.12. The van der Waals surface area contributed by atoms with Crippen molar-refractivity contribution in [3.8, 4) is 0 Å². The van der Waals surface area contributed by atoms with Crippen LogP contribution >= 0.6 is 0 Å². The minimum atomic E-state index is -0.181. The van der Waals surface area contributed by atoms with Gasteiger partial charge in [0.05, 0.1) is 6.61 Å². The molecular weight excluding hydrogens is 166 g/mol. The first kappa shape index (κ1) is 10.3. The van der Waals surface area contributed by atoms with Crippen LogP contribution in [-0.4, -0.2) is 25.2 Å². The summed E-state index contributed by atoms with van der Waals surface area (Å²) in [7, 11) is 0. The monoisotopic (exact) mass is 183 g/mol. The molecule has 3 heteroatoms. The molecule has 0 spiro atoms. The highest BCUT2D eigenvalue weighted by Crippen LogP contribution is 2.15. The quantitative estimate of drug-likeness (QED) is 0.526. The van der Waals surface area contributed by atoms with E-state index in [2.05, 4.69) is 18.3 Å². The van der Waals surface area contributed by atoms with Crippen molar-refractivity contribution in [3.63, 3.8) is 0 Å². The molecule has 1 aliphatic heterocycles. The van der Waals surface area contributed by atoms with E-state index in [0.29, 0.717) is 6.61 Å². The Balaban J connectivity index is 2.50. The zero-order chi connectivity index (χ0) is 9.68. The Morgan fingerprint density at radius 2 is 2.46 bits per heavy atom. The number of carbonyl (C=O) groups excluding carboxylic acids is 1. The number of hydrogen-bond donors (Lipinski definition) is 1. The summed E-state index contributed by atoms with van der Waals surface area (Å²) in [5.41, 5.74) is 1.18. The van der Waals surface area contributed by atoms with E-state index in [1.165, 1.54) is 5.57 Å². The van der Waals surface area contributed by atoms with Crippen LogP contribution in [0.25, 0.3) is 0 Å². The molecular formula is C10H17NO2. The normalized spacial score (nSPS) is 21.4. The predicted molar refractivity (Wildman–Crippen MR) is 51.4 cm³/mol. The molecule has 1 N–H and O–H groups in total. The number of esters is 1. The smallest absolute Gasteiger partial charge is 0.327 e. The van der Waals surface area contributed by atoms with Crippen molar-refractivity contribution in [1.29, 1.82) is 0 Å². The van der Waals surface area contributed by atoms with Gasteiger partial charge in [-0.1, -0.05) is 19.4 Å². The summed E-state index contributed by atoms with van der Waals surface area (Å²) >= 11 is 0. The molecule has 0 aromatic rings. The highest BCUT2D eigenvalue weighted by Gasteiger charge is 2.25. The minimum Gasteiger partial charge on any atom is -0.465 e. The van der Waals surface area contributed by atoms with Crippen LogP contribution in [0.5, 0.6) is 0 Å². The van der Waals surface area contributed by atoms with Crippen molar-refractivity contribution in [1.82, 2.24) is 5.32 Å². The Morgan fingerprint density at radius 1 is 1.69 bits per heavy atom. The van der Waals surface area contributed by atoms with Crippen LogP contribution in [0.15, 0.2) is 11.6 Å². The summed E-state index contributed by atoms with van der Waals surface area (Å²) in [6, 6.07) is -0.181. The number of ether oxygens (including phenoxy) is 1. The molecule has 0 amide bonds. The average Bonchev–Trinajstić information content (AvgIpc) is 2.54. The second-order valence-electron chi connectivity index (χ2n) is 3.12. The van der Waals surface area contributed by atoms with E-state index >= 15 is 0 Å². The van der Waals surface area contributed by atoms with E-state index in [4.69, 9.17) is 4.74 Å². The van der Waals surface area contributed by atoms with Crippen LogP contribution in [0.1, 0.15) is 26.7 Å². The largest absolute Gasteiger partial charge is 0.465 e. The van der Waals surface area contributed by atoms with Crippen molar-refractivity contribution in [3.05, 3.63) is 11.6 Å². The van der Waals surface area contributed by atoms with Crippen molar-refractivity contribution in [2.75, 3.05) is 13.2 Å². The van der Waals surface area contributed by atoms with E-state index in [1.807, 2.05) is 6.92 Å². The van der Waals surface area contributed by atoms with Crippen LogP contribution in [-0.2, 0) is 9.53 Å². The van der Waals surface area contributed by atoms with Crippen LogP contribution in [0.2, 0.25) is 0 Å². The molecule has 13 heavy (non-hydrogen) atoms. The number of carbonyl (C=O) groups is 1. The number of nitrogens with one attached hydrogen (secondary N) is 1. The van der Waals surface area contributed by atoms with E-state index in [9.17, 15) is 4.79 Å². The van der Waals surface area contributed by atoms with Gasteiger partial charge in [0.1, 0.15) is 6.04 Å². The highest BCUT2D eigenvalue weighted by molar-refractivity contribution is 5.80. The van der Waals surface area contributed by atoms with Gasteiger partial charge in [-0.3, -0.25) is 5.32 Å². The molecule has 0 saturated carbocycles. The molecule has 1 atom stereocenters. The van der Waals surface area contributed by atoms with Gasteiger partial charge in [0.25, 0.3) is 0 Å². The zero-order valence-corrected chi connectivity index (χ0v) is 8.30.